The molecular weight excluding hydrogens is 316 g/mol. The van der Waals surface area contributed by atoms with Crippen molar-refractivity contribution < 1.29 is 9.53 Å². The molecule has 0 aliphatic rings. The SMILES string of the molecule is CCN(CC)c1cc(C)c2cc(NC(=O)NCCCOC)ccc2n1. The monoisotopic (exact) mass is 344 g/mol. The number of hydrogen-bond donors (Lipinski definition) is 2. The molecule has 25 heavy (non-hydrogen) atoms. The number of aromatic nitrogens is 1. The number of urea groups is 1. The number of benzene rings is 1. The third-order valence-electron chi connectivity index (χ3n) is 4.16. The lowest BCUT2D eigenvalue weighted by molar-refractivity contribution is 0.194. The first-order valence-electron chi connectivity index (χ1n) is 8.79. The predicted octanol–water partition coefficient (Wildman–Crippen LogP) is 3.55. The molecule has 0 saturated heterocycles. The zero-order valence-electron chi connectivity index (χ0n) is 15.6. The van der Waals surface area contributed by atoms with E-state index in [9.17, 15) is 4.79 Å². The van der Waals surface area contributed by atoms with Gasteiger partial charge in [0.1, 0.15) is 5.82 Å². The van der Waals surface area contributed by atoms with Crippen LogP contribution in [-0.2, 0) is 4.74 Å². The van der Waals surface area contributed by atoms with Crippen LogP contribution in [-0.4, -0.2) is 44.4 Å². The van der Waals surface area contributed by atoms with Crippen LogP contribution in [0.2, 0.25) is 0 Å². The number of hydrogen-bond acceptors (Lipinski definition) is 4. The van der Waals surface area contributed by atoms with E-state index in [4.69, 9.17) is 9.72 Å². The second-order valence-electron chi connectivity index (χ2n) is 5.93. The highest BCUT2D eigenvalue weighted by Crippen LogP contribution is 2.25. The Morgan fingerprint density at radius 1 is 1.24 bits per heavy atom. The minimum absolute atomic E-state index is 0.208. The van der Waals surface area contributed by atoms with Crippen LogP contribution >= 0.6 is 0 Å². The summed E-state index contributed by atoms with van der Waals surface area (Å²) in [6.07, 6.45) is 0.790. The average Bonchev–Trinajstić information content (AvgIpc) is 2.60. The van der Waals surface area contributed by atoms with Crippen molar-refractivity contribution in [3.63, 3.8) is 0 Å². The van der Waals surface area contributed by atoms with Gasteiger partial charge >= 0.3 is 6.03 Å². The van der Waals surface area contributed by atoms with E-state index in [1.165, 1.54) is 0 Å². The number of fused-ring (bicyclic) bond motifs is 1. The Bertz CT molecular complexity index is 714. The van der Waals surface area contributed by atoms with Gasteiger partial charge in [0, 0.05) is 44.4 Å². The highest BCUT2D eigenvalue weighted by atomic mass is 16.5. The molecule has 0 atom stereocenters. The third kappa shape index (κ3) is 5.06. The molecule has 1 aromatic heterocycles. The largest absolute Gasteiger partial charge is 0.385 e. The second-order valence-corrected chi connectivity index (χ2v) is 5.93. The van der Waals surface area contributed by atoms with Gasteiger partial charge in [0.25, 0.3) is 0 Å². The van der Waals surface area contributed by atoms with Crippen molar-refractivity contribution in [2.24, 2.45) is 0 Å². The maximum absolute atomic E-state index is 11.9. The first-order chi connectivity index (χ1) is 12.1. The van der Waals surface area contributed by atoms with Crippen molar-refractivity contribution in [2.45, 2.75) is 27.2 Å². The van der Waals surface area contributed by atoms with Crippen molar-refractivity contribution in [1.82, 2.24) is 10.3 Å². The number of pyridine rings is 1. The molecule has 0 unspecified atom stereocenters. The number of nitrogens with one attached hydrogen (secondary N) is 2. The quantitative estimate of drug-likeness (QED) is 0.719. The Kier molecular flexibility index (Phi) is 7.01. The molecule has 2 amide bonds. The number of ether oxygens (including phenoxy) is 1. The van der Waals surface area contributed by atoms with E-state index in [1.807, 2.05) is 18.2 Å². The van der Waals surface area contributed by atoms with Gasteiger partial charge in [-0.1, -0.05) is 0 Å². The van der Waals surface area contributed by atoms with Gasteiger partial charge in [-0.05, 0) is 57.0 Å². The van der Waals surface area contributed by atoms with Crippen LogP contribution in [0.3, 0.4) is 0 Å². The highest BCUT2D eigenvalue weighted by molar-refractivity contribution is 5.93. The summed E-state index contributed by atoms with van der Waals surface area (Å²) in [5, 5.41) is 6.73. The van der Waals surface area contributed by atoms with Gasteiger partial charge in [-0.2, -0.15) is 0 Å². The fourth-order valence-electron chi connectivity index (χ4n) is 2.76. The van der Waals surface area contributed by atoms with Crippen LogP contribution in [0.4, 0.5) is 16.3 Å². The van der Waals surface area contributed by atoms with Gasteiger partial charge in [0.05, 0.1) is 5.52 Å². The highest BCUT2D eigenvalue weighted by Gasteiger charge is 2.09. The molecule has 0 fully saturated rings. The van der Waals surface area contributed by atoms with E-state index in [0.717, 1.165) is 47.5 Å². The summed E-state index contributed by atoms with van der Waals surface area (Å²) < 4.78 is 4.96. The Morgan fingerprint density at radius 2 is 2.00 bits per heavy atom. The van der Waals surface area contributed by atoms with Crippen LogP contribution in [0.1, 0.15) is 25.8 Å². The molecule has 6 heteroatoms. The van der Waals surface area contributed by atoms with Crippen molar-refractivity contribution in [3.05, 3.63) is 29.8 Å². The summed E-state index contributed by atoms with van der Waals surface area (Å²) in [4.78, 5) is 18.9. The number of anilines is 2. The Morgan fingerprint density at radius 3 is 2.68 bits per heavy atom. The Hall–Kier alpha value is -2.34. The average molecular weight is 344 g/mol. The van der Waals surface area contributed by atoms with Crippen LogP contribution in [0.25, 0.3) is 10.9 Å². The molecule has 136 valence electrons. The van der Waals surface area contributed by atoms with E-state index in [1.54, 1.807) is 7.11 Å². The Balaban J connectivity index is 2.13. The molecule has 0 bridgehead atoms. The number of methoxy groups -OCH3 is 1. The summed E-state index contributed by atoms with van der Waals surface area (Å²) in [7, 11) is 1.65. The fraction of sp³-hybridized carbons (Fsp3) is 0.474. The molecule has 1 heterocycles. The molecule has 0 radical (unpaired) electrons. The third-order valence-corrected chi connectivity index (χ3v) is 4.16. The van der Waals surface area contributed by atoms with E-state index in [-0.39, 0.29) is 6.03 Å². The minimum Gasteiger partial charge on any atom is -0.385 e. The smallest absolute Gasteiger partial charge is 0.319 e. The van der Waals surface area contributed by atoms with Gasteiger partial charge in [-0.15, -0.1) is 0 Å². The molecular formula is C19H28N4O2. The molecule has 0 saturated carbocycles. The van der Waals surface area contributed by atoms with Crippen molar-refractivity contribution in [2.75, 3.05) is 43.6 Å². The minimum atomic E-state index is -0.208. The van der Waals surface area contributed by atoms with E-state index < -0.39 is 0 Å². The molecule has 0 spiro atoms. The van der Waals surface area contributed by atoms with Gasteiger partial charge < -0.3 is 20.3 Å². The van der Waals surface area contributed by atoms with Crippen molar-refractivity contribution in [3.8, 4) is 0 Å². The van der Waals surface area contributed by atoms with Gasteiger partial charge in [0.15, 0.2) is 0 Å². The molecule has 1 aromatic carbocycles. The normalized spacial score (nSPS) is 10.7. The lowest BCUT2D eigenvalue weighted by Gasteiger charge is -2.21. The maximum atomic E-state index is 11.9. The summed E-state index contributed by atoms with van der Waals surface area (Å²) >= 11 is 0. The summed E-state index contributed by atoms with van der Waals surface area (Å²) in [5.41, 5.74) is 2.85. The maximum Gasteiger partial charge on any atom is 0.319 e. The number of carbonyl (C=O) groups is 1. The van der Waals surface area contributed by atoms with Gasteiger partial charge in [-0.3, -0.25) is 0 Å². The van der Waals surface area contributed by atoms with Crippen LogP contribution < -0.4 is 15.5 Å². The number of nitrogens with zero attached hydrogens (tertiary/aromatic N) is 2. The standard InChI is InChI=1S/C19H28N4O2/c1-5-23(6-2)18-12-14(3)16-13-15(8-9-17(16)22-18)21-19(24)20-10-7-11-25-4/h8-9,12-13H,5-7,10-11H2,1-4H3,(H2,20,21,24). The molecule has 2 N–H and O–H groups in total. The number of rotatable bonds is 8. The van der Waals surface area contributed by atoms with Crippen molar-refractivity contribution >= 4 is 28.4 Å². The summed E-state index contributed by atoms with van der Waals surface area (Å²) in [6.45, 7) is 9.41. The molecule has 2 aromatic rings. The summed E-state index contributed by atoms with van der Waals surface area (Å²) in [5.74, 6) is 0.992. The summed E-state index contributed by atoms with van der Waals surface area (Å²) in [6, 6.07) is 7.70. The van der Waals surface area contributed by atoms with Crippen LogP contribution in [0, 0.1) is 6.92 Å². The van der Waals surface area contributed by atoms with Crippen LogP contribution in [0.5, 0.6) is 0 Å². The lowest BCUT2D eigenvalue weighted by atomic mass is 10.1. The van der Waals surface area contributed by atoms with E-state index in [2.05, 4.69) is 42.4 Å². The molecule has 6 nitrogen and oxygen atoms in total. The number of carbonyl (C=O) groups excluding carboxylic acids is 1. The van der Waals surface area contributed by atoms with E-state index in [0.29, 0.717) is 13.2 Å². The van der Waals surface area contributed by atoms with Gasteiger partial charge in [-0.25, -0.2) is 9.78 Å². The molecule has 0 aliphatic carbocycles. The zero-order chi connectivity index (χ0) is 18.2. The first-order valence-corrected chi connectivity index (χ1v) is 8.79. The van der Waals surface area contributed by atoms with Crippen molar-refractivity contribution in [1.29, 1.82) is 0 Å². The molecule has 2 rings (SSSR count). The first kappa shape index (κ1) is 19.0. The zero-order valence-corrected chi connectivity index (χ0v) is 15.6. The number of aryl methyl sites for hydroxylation is 1. The molecule has 0 aliphatic heterocycles. The van der Waals surface area contributed by atoms with Crippen LogP contribution in [0.15, 0.2) is 24.3 Å². The fourth-order valence-corrected chi connectivity index (χ4v) is 2.76. The topological polar surface area (TPSA) is 66.5 Å². The second kappa shape index (κ2) is 9.22. The predicted molar refractivity (Wildman–Crippen MR) is 104 cm³/mol. The Labute approximate surface area is 149 Å². The van der Waals surface area contributed by atoms with E-state index >= 15 is 0 Å². The number of amides is 2. The van der Waals surface area contributed by atoms with Gasteiger partial charge in [0.2, 0.25) is 0 Å². The lowest BCUT2D eigenvalue weighted by Crippen LogP contribution is -2.30.